The van der Waals surface area contributed by atoms with E-state index in [-0.39, 0.29) is 5.91 Å². The third kappa shape index (κ3) is 5.89. The lowest BCUT2D eigenvalue weighted by Crippen LogP contribution is -2.20. The lowest BCUT2D eigenvalue weighted by Gasteiger charge is -2.05. The second kappa shape index (κ2) is 5.75. The van der Waals surface area contributed by atoms with E-state index in [1.165, 1.54) is 0 Å². The summed E-state index contributed by atoms with van der Waals surface area (Å²) in [5.41, 5.74) is 3.36. The Morgan fingerprint density at radius 3 is 2.50 bits per heavy atom. The topological polar surface area (TPSA) is 41.5 Å². The zero-order valence-corrected chi connectivity index (χ0v) is 8.35. The summed E-state index contributed by atoms with van der Waals surface area (Å²) in [5.74, 6) is 0.447. The fourth-order valence-electron chi connectivity index (χ4n) is 0.681. The summed E-state index contributed by atoms with van der Waals surface area (Å²) in [7, 11) is 0. The number of nitrogens with zero attached hydrogens (tertiary/aromatic N) is 1. The van der Waals surface area contributed by atoms with Crippen LogP contribution in [0.4, 0.5) is 0 Å². The highest BCUT2D eigenvalue weighted by molar-refractivity contribution is 5.82. The molecule has 0 aliphatic rings. The maximum absolute atomic E-state index is 11.1. The van der Waals surface area contributed by atoms with E-state index in [1.54, 1.807) is 0 Å². The van der Waals surface area contributed by atoms with Gasteiger partial charge < -0.3 is 0 Å². The van der Waals surface area contributed by atoms with Crippen molar-refractivity contribution in [3.05, 3.63) is 0 Å². The van der Waals surface area contributed by atoms with Gasteiger partial charge in [0.05, 0.1) is 0 Å². The van der Waals surface area contributed by atoms with Crippen molar-refractivity contribution in [3.63, 3.8) is 0 Å². The van der Waals surface area contributed by atoms with Crippen molar-refractivity contribution in [2.45, 2.75) is 40.5 Å². The van der Waals surface area contributed by atoms with Gasteiger partial charge >= 0.3 is 0 Å². The van der Waals surface area contributed by atoms with Crippen LogP contribution in [0.5, 0.6) is 0 Å². The van der Waals surface area contributed by atoms with E-state index in [0.717, 1.165) is 12.1 Å². The molecule has 3 nitrogen and oxygen atoms in total. The molecule has 0 aromatic carbocycles. The van der Waals surface area contributed by atoms with Crippen molar-refractivity contribution < 1.29 is 4.79 Å². The van der Waals surface area contributed by atoms with Crippen LogP contribution in [-0.2, 0) is 4.79 Å². The zero-order valence-electron chi connectivity index (χ0n) is 8.35. The number of nitrogens with one attached hydrogen (secondary N) is 1. The Morgan fingerprint density at radius 1 is 1.50 bits per heavy atom. The first-order chi connectivity index (χ1) is 5.56. The molecule has 0 heterocycles. The van der Waals surface area contributed by atoms with Gasteiger partial charge in [-0.05, 0) is 19.8 Å². The van der Waals surface area contributed by atoms with Gasteiger partial charge in [-0.2, -0.15) is 5.10 Å². The van der Waals surface area contributed by atoms with Gasteiger partial charge in [0.15, 0.2) is 0 Å². The number of hydrogen-bond acceptors (Lipinski definition) is 2. The van der Waals surface area contributed by atoms with Crippen LogP contribution >= 0.6 is 0 Å². The van der Waals surface area contributed by atoms with Crippen molar-refractivity contribution in [2.24, 2.45) is 11.0 Å². The van der Waals surface area contributed by atoms with E-state index in [9.17, 15) is 4.79 Å². The standard InChI is InChI=1S/C9H18N2O/c1-5-8(4)6-9(12)11-10-7(2)3/h8H,5-6H2,1-4H3,(H,11,12)/t8-/m0/s1. The maximum atomic E-state index is 11.1. The average molecular weight is 170 g/mol. The predicted octanol–water partition coefficient (Wildman–Crippen LogP) is 1.93. The van der Waals surface area contributed by atoms with Crippen molar-refractivity contribution in [2.75, 3.05) is 0 Å². The fourth-order valence-corrected chi connectivity index (χ4v) is 0.681. The Hall–Kier alpha value is -0.860. The molecule has 1 N–H and O–H groups in total. The van der Waals surface area contributed by atoms with E-state index in [0.29, 0.717) is 12.3 Å². The maximum Gasteiger partial charge on any atom is 0.240 e. The van der Waals surface area contributed by atoms with Crippen LogP contribution in [0.15, 0.2) is 5.10 Å². The molecule has 0 aliphatic heterocycles. The molecule has 0 saturated carbocycles. The highest BCUT2D eigenvalue weighted by Crippen LogP contribution is 2.05. The van der Waals surface area contributed by atoms with Crippen LogP contribution in [0, 0.1) is 5.92 Å². The third-order valence-corrected chi connectivity index (χ3v) is 1.63. The smallest absolute Gasteiger partial charge is 0.240 e. The highest BCUT2D eigenvalue weighted by atomic mass is 16.2. The minimum absolute atomic E-state index is 0.00514. The molecule has 70 valence electrons. The van der Waals surface area contributed by atoms with Crippen molar-refractivity contribution >= 4 is 11.6 Å². The van der Waals surface area contributed by atoms with Crippen LogP contribution in [0.3, 0.4) is 0 Å². The lowest BCUT2D eigenvalue weighted by atomic mass is 10.1. The Bertz CT molecular complexity index is 171. The first-order valence-corrected chi connectivity index (χ1v) is 4.36. The highest BCUT2D eigenvalue weighted by Gasteiger charge is 2.05. The molecule has 12 heavy (non-hydrogen) atoms. The largest absolute Gasteiger partial charge is 0.273 e. The molecule has 0 aromatic rings. The molecule has 0 fully saturated rings. The first-order valence-electron chi connectivity index (χ1n) is 4.36. The second-order valence-corrected chi connectivity index (χ2v) is 3.31. The van der Waals surface area contributed by atoms with E-state index in [1.807, 2.05) is 13.8 Å². The molecule has 0 spiro atoms. The summed E-state index contributed by atoms with van der Waals surface area (Å²) in [6.07, 6.45) is 1.59. The molecule has 0 aliphatic carbocycles. The first kappa shape index (κ1) is 11.1. The van der Waals surface area contributed by atoms with Crippen LogP contribution < -0.4 is 5.43 Å². The normalized spacial score (nSPS) is 12.0. The number of amides is 1. The monoisotopic (exact) mass is 170 g/mol. The van der Waals surface area contributed by atoms with Crippen LogP contribution in [0.25, 0.3) is 0 Å². The number of carbonyl (C=O) groups excluding carboxylic acids is 1. The van der Waals surface area contributed by atoms with E-state index in [4.69, 9.17) is 0 Å². The summed E-state index contributed by atoms with van der Waals surface area (Å²) in [5, 5.41) is 3.83. The van der Waals surface area contributed by atoms with Gasteiger partial charge in [0.1, 0.15) is 0 Å². The molecule has 0 radical (unpaired) electrons. The molecule has 0 aromatic heterocycles. The summed E-state index contributed by atoms with van der Waals surface area (Å²) in [4.78, 5) is 11.1. The van der Waals surface area contributed by atoms with Gasteiger partial charge in [-0.1, -0.05) is 20.3 Å². The molecule has 0 saturated heterocycles. The minimum Gasteiger partial charge on any atom is -0.273 e. The summed E-state index contributed by atoms with van der Waals surface area (Å²) < 4.78 is 0. The van der Waals surface area contributed by atoms with Crippen molar-refractivity contribution in [1.29, 1.82) is 0 Å². The molecule has 0 unspecified atom stereocenters. The lowest BCUT2D eigenvalue weighted by molar-refractivity contribution is -0.121. The van der Waals surface area contributed by atoms with Crippen LogP contribution in [0.1, 0.15) is 40.5 Å². The van der Waals surface area contributed by atoms with Gasteiger partial charge in [0, 0.05) is 12.1 Å². The Morgan fingerprint density at radius 2 is 2.08 bits per heavy atom. The SMILES string of the molecule is CC[C@H](C)CC(=O)NN=C(C)C. The Labute approximate surface area is 74.2 Å². The molecule has 0 rings (SSSR count). The molecule has 3 heteroatoms. The second-order valence-electron chi connectivity index (χ2n) is 3.31. The van der Waals surface area contributed by atoms with Gasteiger partial charge in [0.25, 0.3) is 0 Å². The predicted molar refractivity (Wildman–Crippen MR) is 51.0 cm³/mol. The Balaban J connectivity index is 3.67. The molecular formula is C9H18N2O. The van der Waals surface area contributed by atoms with E-state index >= 15 is 0 Å². The molecule has 1 amide bonds. The average Bonchev–Trinajstić information content (AvgIpc) is 2.00. The summed E-state index contributed by atoms with van der Waals surface area (Å²) in [6.45, 7) is 7.83. The van der Waals surface area contributed by atoms with Crippen molar-refractivity contribution in [1.82, 2.24) is 5.43 Å². The quantitative estimate of drug-likeness (QED) is 0.508. The third-order valence-electron chi connectivity index (χ3n) is 1.63. The van der Waals surface area contributed by atoms with Crippen LogP contribution in [0.2, 0.25) is 0 Å². The molecular weight excluding hydrogens is 152 g/mol. The molecule has 1 atom stereocenters. The van der Waals surface area contributed by atoms with Gasteiger partial charge in [0.2, 0.25) is 5.91 Å². The summed E-state index contributed by atoms with van der Waals surface area (Å²) in [6, 6.07) is 0. The fraction of sp³-hybridized carbons (Fsp3) is 0.778. The number of hydrazone groups is 1. The van der Waals surface area contributed by atoms with Crippen molar-refractivity contribution in [3.8, 4) is 0 Å². The molecule has 0 bridgehead atoms. The minimum atomic E-state index is 0.00514. The van der Waals surface area contributed by atoms with E-state index in [2.05, 4.69) is 24.4 Å². The van der Waals surface area contributed by atoms with E-state index < -0.39 is 0 Å². The van der Waals surface area contributed by atoms with Crippen LogP contribution in [-0.4, -0.2) is 11.6 Å². The number of rotatable bonds is 4. The zero-order chi connectivity index (χ0) is 9.56. The number of carbonyl (C=O) groups is 1. The Kier molecular flexibility index (Phi) is 5.34. The number of hydrogen-bond donors (Lipinski definition) is 1. The van der Waals surface area contributed by atoms with Gasteiger partial charge in [-0.25, -0.2) is 5.43 Å². The van der Waals surface area contributed by atoms with Gasteiger partial charge in [-0.3, -0.25) is 4.79 Å². The summed E-state index contributed by atoms with van der Waals surface area (Å²) >= 11 is 0. The van der Waals surface area contributed by atoms with Gasteiger partial charge in [-0.15, -0.1) is 0 Å².